The van der Waals surface area contributed by atoms with E-state index in [1.54, 1.807) is 13.1 Å². The highest BCUT2D eigenvalue weighted by atomic mass is 35.5. The van der Waals surface area contributed by atoms with Crippen LogP contribution in [0.15, 0.2) is 34.9 Å². The molecule has 4 atom stereocenters. The Balaban J connectivity index is 0.000000378. The molecule has 0 bridgehead atoms. The molecule has 1 fully saturated rings. The maximum Gasteiger partial charge on any atom is 0.335 e. The fraction of sp³-hybridized carbons (Fsp3) is 0.333. The topological polar surface area (TPSA) is 187 Å². The number of aryl methyl sites for hydroxylation is 1. The van der Waals surface area contributed by atoms with Gasteiger partial charge in [-0.05, 0) is 42.3 Å². The lowest BCUT2D eigenvalue weighted by Crippen LogP contribution is -2.50. The molecule has 216 valence electrons. The van der Waals surface area contributed by atoms with Crippen LogP contribution >= 0.6 is 23.2 Å². The number of amides is 1. The maximum atomic E-state index is 13.7. The molecule has 1 aliphatic rings. The highest BCUT2D eigenvalue weighted by Crippen LogP contribution is 2.35. The minimum absolute atomic E-state index is 0.0156. The average molecular weight is 605 g/mol. The molecular formula is C24H24Cl2F2N4O8. The number of carbonyl (C=O) groups is 3. The van der Waals surface area contributed by atoms with Crippen LogP contribution in [-0.2, 0) is 16.6 Å². The Kier molecular flexibility index (Phi) is 10.2. The van der Waals surface area contributed by atoms with Crippen LogP contribution in [0.25, 0.3) is 11.3 Å². The molecule has 1 aliphatic heterocycles. The molecule has 3 heterocycles. The Morgan fingerprint density at radius 2 is 1.77 bits per heavy atom. The summed E-state index contributed by atoms with van der Waals surface area (Å²) in [6.07, 6.45) is -2.40. The van der Waals surface area contributed by atoms with Crippen molar-refractivity contribution in [1.29, 1.82) is 0 Å². The van der Waals surface area contributed by atoms with E-state index in [1.165, 1.54) is 23.0 Å². The maximum absolute atomic E-state index is 13.7. The predicted octanol–water partition coefficient (Wildman–Crippen LogP) is 2.02. The largest absolute Gasteiger partial charge is 0.479 e. The Labute approximate surface area is 235 Å². The van der Waals surface area contributed by atoms with Gasteiger partial charge in [0.25, 0.3) is 5.91 Å². The number of hydrogen-bond donors (Lipinski definition) is 6. The molecule has 1 saturated heterocycles. The number of carbonyl (C=O) groups excluding carboxylic acids is 1. The summed E-state index contributed by atoms with van der Waals surface area (Å²) in [5.41, 5.74) is 1.61. The Hall–Kier alpha value is -3.56. The number of benzene rings is 1. The van der Waals surface area contributed by atoms with Crippen molar-refractivity contribution in [2.75, 3.05) is 13.1 Å². The van der Waals surface area contributed by atoms with E-state index in [4.69, 9.17) is 48.0 Å². The molecule has 0 saturated carbocycles. The van der Waals surface area contributed by atoms with Gasteiger partial charge in [0.2, 0.25) is 5.22 Å². The van der Waals surface area contributed by atoms with E-state index < -0.39 is 41.7 Å². The van der Waals surface area contributed by atoms with Crippen LogP contribution in [0.2, 0.25) is 10.2 Å². The molecule has 40 heavy (non-hydrogen) atoms. The second-order valence-electron chi connectivity index (χ2n) is 8.68. The first-order valence-electron chi connectivity index (χ1n) is 11.6. The van der Waals surface area contributed by atoms with Gasteiger partial charge in [0, 0.05) is 31.6 Å². The van der Waals surface area contributed by atoms with Crippen LogP contribution < -0.4 is 10.6 Å². The second-order valence-corrected chi connectivity index (χ2v) is 9.43. The molecule has 0 spiro atoms. The van der Waals surface area contributed by atoms with Gasteiger partial charge in [-0.25, -0.2) is 18.4 Å². The summed E-state index contributed by atoms with van der Waals surface area (Å²) >= 11 is 12.3. The van der Waals surface area contributed by atoms with Crippen LogP contribution in [0.1, 0.15) is 28.5 Å². The van der Waals surface area contributed by atoms with Gasteiger partial charge in [-0.2, -0.15) is 5.10 Å². The summed E-state index contributed by atoms with van der Waals surface area (Å²) in [5, 5.41) is 43.1. The highest BCUT2D eigenvalue weighted by molar-refractivity contribution is 6.35. The number of aliphatic hydroxyl groups is 2. The molecular weight excluding hydrogens is 581 g/mol. The number of aromatic nitrogens is 2. The van der Waals surface area contributed by atoms with Crippen molar-refractivity contribution in [2.24, 2.45) is 7.05 Å². The third kappa shape index (κ3) is 7.14. The number of rotatable bonds is 7. The number of carboxylic acid groups (broad SMARTS) is 2. The lowest BCUT2D eigenvalue weighted by molar-refractivity contribution is -0.165. The number of furan rings is 1. The normalized spacial score (nSPS) is 18.3. The Bertz CT molecular complexity index is 1360. The first-order chi connectivity index (χ1) is 18.8. The van der Waals surface area contributed by atoms with E-state index >= 15 is 0 Å². The number of nitrogens with one attached hydrogen (secondary N) is 2. The molecule has 0 radical (unpaired) electrons. The van der Waals surface area contributed by atoms with E-state index in [0.29, 0.717) is 41.4 Å². The summed E-state index contributed by atoms with van der Waals surface area (Å²) in [7, 11) is 1.70. The number of carboxylic acids is 2. The van der Waals surface area contributed by atoms with E-state index in [0.717, 1.165) is 6.07 Å². The van der Waals surface area contributed by atoms with Crippen molar-refractivity contribution < 1.29 is 48.0 Å². The summed E-state index contributed by atoms with van der Waals surface area (Å²) in [6.45, 7) is 1.18. The lowest BCUT2D eigenvalue weighted by Gasteiger charge is -2.33. The van der Waals surface area contributed by atoms with Crippen LogP contribution in [0.3, 0.4) is 0 Å². The van der Waals surface area contributed by atoms with Gasteiger partial charge in [-0.3, -0.25) is 9.48 Å². The number of aliphatic hydroxyl groups excluding tert-OH is 2. The first-order valence-corrected chi connectivity index (χ1v) is 12.3. The highest BCUT2D eigenvalue weighted by Gasteiger charge is 2.31. The van der Waals surface area contributed by atoms with Gasteiger partial charge in [-0.15, -0.1) is 0 Å². The number of hydrogen-bond acceptors (Lipinski definition) is 8. The van der Waals surface area contributed by atoms with Gasteiger partial charge in [-0.1, -0.05) is 17.7 Å². The summed E-state index contributed by atoms with van der Waals surface area (Å²) < 4.78 is 34.0. The van der Waals surface area contributed by atoms with Crippen LogP contribution in [0.4, 0.5) is 8.78 Å². The van der Waals surface area contributed by atoms with E-state index in [9.17, 15) is 23.2 Å². The van der Waals surface area contributed by atoms with Crippen LogP contribution in [-0.4, -0.2) is 79.4 Å². The van der Waals surface area contributed by atoms with Crippen molar-refractivity contribution in [3.05, 3.63) is 63.7 Å². The van der Waals surface area contributed by atoms with Gasteiger partial charge >= 0.3 is 11.9 Å². The fourth-order valence-corrected chi connectivity index (χ4v) is 4.51. The standard InChI is InChI=1S/C20H18Cl2F2N4O2.C4H6O6/c1-28-18(13(21)8-26-28)12-7-17(30-19(12)22)20(29)27-16-9-25-5-4-11(16)10-2-3-14(23)15(24)6-10;5-1(3(7)8)2(6)4(9)10/h2-3,6-8,11,16,25H,4-5,9H2,1H3,(H,27,29);1-2,5-6H,(H,7,8)(H,9,10)/t11-,16+;1-,2-/m01/s1. The Morgan fingerprint density at radius 3 is 2.33 bits per heavy atom. The van der Waals surface area contributed by atoms with Crippen molar-refractivity contribution in [2.45, 2.75) is 30.6 Å². The predicted molar refractivity (Wildman–Crippen MR) is 136 cm³/mol. The number of piperidine rings is 1. The molecule has 0 aliphatic carbocycles. The van der Waals surface area contributed by atoms with E-state index in [-0.39, 0.29) is 22.9 Å². The average Bonchev–Trinajstić information content (AvgIpc) is 3.45. The number of halogens is 4. The molecule has 1 amide bonds. The van der Waals surface area contributed by atoms with Gasteiger partial charge in [0.15, 0.2) is 29.6 Å². The quantitative estimate of drug-likeness (QED) is 0.233. The number of nitrogens with zero attached hydrogens (tertiary/aromatic N) is 2. The summed E-state index contributed by atoms with van der Waals surface area (Å²) in [5.74, 6) is -5.98. The smallest absolute Gasteiger partial charge is 0.335 e. The molecule has 1 aromatic carbocycles. The summed E-state index contributed by atoms with van der Waals surface area (Å²) in [6, 6.07) is 4.98. The minimum atomic E-state index is -2.27. The first kappa shape index (κ1) is 31.0. The monoisotopic (exact) mass is 604 g/mol. The molecule has 6 N–H and O–H groups in total. The van der Waals surface area contributed by atoms with Gasteiger partial charge in [0.1, 0.15) is 0 Å². The van der Waals surface area contributed by atoms with Crippen molar-refractivity contribution in [3.63, 3.8) is 0 Å². The third-order valence-electron chi connectivity index (χ3n) is 6.04. The van der Waals surface area contributed by atoms with E-state index in [1.807, 2.05) is 0 Å². The fourth-order valence-electron chi connectivity index (χ4n) is 4.02. The van der Waals surface area contributed by atoms with E-state index in [2.05, 4.69) is 15.7 Å². The van der Waals surface area contributed by atoms with Crippen molar-refractivity contribution in [3.8, 4) is 11.3 Å². The molecule has 2 aromatic heterocycles. The Morgan fingerprint density at radius 1 is 1.12 bits per heavy atom. The zero-order chi connectivity index (χ0) is 29.7. The summed E-state index contributed by atoms with van der Waals surface area (Å²) in [4.78, 5) is 32.4. The second kappa shape index (κ2) is 13.2. The third-order valence-corrected chi connectivity index (χ3v) is 6.59. The minimum Gasteiger partial charge on any atom is -0.479 e. The molecule has 12 nitrogen and oxygen atoms in total. The van der Waals surface area contributed by atoms with Crippen molar-refractivity contribution >= 4 is 41.0 Å². The van der Waals surface area contributed by atoms with Crippen LogP contribution in [0, 0.1) is 11.6 Å². The van der Waals surface area contributed by atoms with Crippen LogP contribution in [0.5, 0.6) is 0 Å². The van der Waals surface area contributed by atoms with Crippen molar-refractivity contribution in [1.82, 2.24) is 20.4 Å². The van der Waals surface area contributed by atoms with Gasteiger partial charge < -0.3 is 35.5 Å². The molecule has 0 unspecified atom stereocenters. The zero-order valence-corrected chi connectivity index (χ0v) is 22.2. The molecule has 4 rings (SSSR count). The molecule has 16 heteroatoms. The SMILES string of the molecule is Cn1ncc(Cl)c1-c1cc(C(=O)N[C@@H]2CNCC[C@H]2c2ccc(F)c(F)c2)oc1Cl.O=C(O)[C@H](O)[C@@H](O)C(=O)O. The lowest BCUT2D eigenvalue weighted by atomic mass is 9.86. The van der Waals surface area contributed by atoms with Gasteiger partial charge in [0.05, 0.1) is 22.5 Å². The number of aliphatic carboxylic acids is 2. The molecule has 3 aromatic rings. The zero-order valence-electron chi connectivity index (χ0n) is 20.6.